The first-order valence-electron chi connectivity index (χ1n) is 6.17. The van der Waals surface area contributed by atoms with Gasteiger partial charge in [0, 0.05) is 5.56 Å². The Bertz CT molecular complexity index is 594. The van der Waals surface area contributed by atoms with Gasteiger partial charge in [0.2, 0.25) is 5.78 Å². The summed E-state index contributed by atoms with van der Waals surface area (Å²) in [6, 6.07) is 7.17. The Morgan fingerprint density at radius 3 is 2.40 bits per heavy atom. The van der Waals surface area contributed by atoms with Gasteiger partial charge in [0.1, 0.15) is 9.34 Å². The van der Waals surface area contributed by atoms with Gasteiger partial charge in [-0.25, -0.2) is 4.21 Å². The lowest BCUT2D eigenvalue weighted by molar-refractivity contribution is -0.127. The molecule has 0 aliphatic carbocycles. The van der Waals surface area contributed by atoms with Crippen LogP contribution in [-0.2, 0) is 26.4 Å². The zero-order chi connectivity index (χ0) is 14.9. The fraction of sp³-hybridized carbons (Fsp3) is 0.357. The molecule has 4 nitrogen and oxygen atoms in total. The average Bonchev–Trinajstić information content (AvgIpc) is 2.64. The van der Waals surface area contributed by atoms with Gasteiger partial charge in [0.15, 0.2) is 16.7 Å². The molecule has 1 aliphatic heterocycles. The zero-order valence-electron chi connectivity index (χ0n) is 11.2. The maximum atomic E-state index is 12.2. The van der Waals surface area contributed by atoms with Crippen LogP contribution in [0, 0.1) is 0 Å². The lowest BCUT2D eigenvalue weighted by atomic mass is 9.99. The van der Waals surface area contributed by atoms with Crippen molar-refractivity contribution in [2.75, 3.05) is 0 Å². The smallest absolute Gasteiger partial charge is 0.215 e. The van der Waals surface area contributed by atoms with Gasteiger partial charge >= 0.3 is 0 Å². The van der Waals surface area contributed by atoms with Crippen LogP contribution in [-0.4, -0.2) is 20.1 Å². The Balaban J connectivity index is 2.29. The summed E-state index contributed by atoms with van der Waals surface area (Å²) in [5.41, 5.74) is 0.803. The van der Waals surface area contributed by atoms with Crippen molar-refractivity contribution in [2.45, 2.75) is 31.6 Å². The summed E-state index contributed by atoms with van der Waals surface area (Å²) in [4.78, 5) is 12.2. The summed E-state index contributed by atoms with van der Waals surface area (Å²) < 4.78 is 26.1. The number of hydrogen-bond acceptors (Lipinski definition) is 3. The van der Waals surface area contributed by atoms with Crippen LogP contribution in [0.25, 0.3) is 5.76 Å². The number of rotatable bonds is 4. The van der Waals surface area contributed by atoms with E-state index in [1.165, 1.54) is 0 Å². The highest BCUT2D eigenvalue weighted by molar-refractivity contribution is 14.1. The molecule has 108 valence electrons. The fourth-order valence-electron chi connectivity index (χ4n) is 1.96. The Hall–Kier alpha value is -0.730. The summed E-state index contributed by atoms with van der Waals surface area (Å²) in [6.07, 6.45) is 0.614. The number of carbonyl (C=O) groups is 1. The van der Waals surface area contributed by atoms with E-state index in [1.807, 2.05) is 41.6 Å². The van der Waals surface area contributed by atoms with Gasteiger partial charge in [-0.2, -0.15) is 0 Å². The van der Waals surface area contributed by atoms with E-state index in [9.17, 15) is 9.00 Å². The third-order valence-electron chi connectivity index (χ3n) is 3.39. The molecule has 0 fully saturated rings. The van der Waals surface area contributed by atoms with Gasteiger partial charge in [0.05, 0.1) is 5.75 Å². The molecule has 0 bridgehead atoms. The minimum Gasteiger partial charge on any atom is -0.478 e. The molecule has 0 spiro atoms. The SMILES string of the molecule is CCC1(C)OC(c2ccc(CS(=O)O)cc2)=C(I)C1=O. The van der Waals surface area contributed by atoms with Crippen molar-refractivity contribution in [3.63, 3.8) is 0 Å². The molecule has 2 unspecified atom stereocenters. The maximum absolute atomic E-state index is 12.2. The summed E-state index contributed by atoms with van der Waals surface area (Å²) in [7, 11) is 0. The standard InChI is InChI=1S/C14H15IO4S/c1-3-14(2)13(16)11(15)12(19-14)10-6-4-9(5-7-10)8-20(17)18/h4-7H,3,8H2,1-2H3,(H,17,18). The number of carbonyl (C=O) groups excluding carboxylic acids is 1. The Morgan fingerprint density at radius 1 is 1.35 bits per heavy atom. The number of benzene rings is 1. The maximum Gasteiger partial charge on any atom is 0.215 e. The largest absolute Gasteiger partial charge is 0.478 e. The van der Waals surface area contributed by atoms with Crippen LogP contribution in [0.2, 0.25) is 0 Å². The molecule has 0 amide bonds. The van der Waals surface area contributed by atoms with Crippen molar-refractivity contribution in [1.29, 1.82) is 0 Å². The number of ether oxygens (including phenoxy) is 1. The average molecular weight is 406 g/mol. The molecular formula is C14H15IO4S. The molecule has 1 aromatic rings. The van der Waals surface area contributed by atoms with Crippen molar-refractivity contribution in [3.05, 3.63) is 39.0 Å². The van der Waals surface area contributed by atoms with Crippen molar-refractivity contribution in [2.24, 2.45) is 0 Å². The summed E-state index contributed by atoms with van der Waals surface area (Å²) in [5, 5.41) is 0. The first kappa shape index (κ1) is 15.7. The molecule has 1 N–H and O–H groups in total. The molecule has 2 rings (SSSR count). The van der Waals surface area contributed by atoms with E-state index in [2.05, 4.69) is 0 Å². The normalized spacial score (nSPS) is 23.9. The molecule has 0 radical (unpaired) electrons. The van der Waals surface area contributed by atoms with Crippen molar-refractivity contribution >= 4 is 45.2 Å². The number of ketones is 1. The van der Waals surface area contributed by atoms with E-state index in [0.717, 1.165) is 11.1 Å². The lowest BCUT2D eigenvalue weighted by Gasteiger charge is -2.21. The van der Waals surface area contributed by atoms with E-state index in [1.54, 1.807) is 19.1 Å². The molecule has 0 aromatic heterocycles. The van der Waals surface area contributed by atoms with E-state index in [4.69, 9.17) is 9.29 Å². The predicted molar refractivity (Wildman–Crippen MR) is 86.6 cm³/mol. The van der Waals surface area contributed by atoms with Crippen LogP contribution < -0.4 is 0 Å². The zero-order valence-corrected chi connectivity index (χ0v) is 14.2. The van der Waals surface area contributed by atoms with Crippen molar-refractivity contribution < 1.29 is 18.3 Å². The van der Waals surface area contributed by atoms with Crippen LogP contribution in [0.5, 0.6) is 0 Å². The third kappa shape index (κ3) is 2.96. The van der Waals surface area contributed by atoms with Crippen LogP contribution in [0.1, 0.15) is 31.4 Å². The molecule has 1 aromatic carbocycles. The van der Waals surface area contributed by atoms with Crippen molar-refractivity contribution in [3.8, 4) is 0 Å². The summed E-state index contributed by atoms with van der Waals surface area (Å²) >= 11 is 0.167. The van der Waals surface area contributed by atoms with Gasteiger partial charge in [-0.3, -0.25) is 4.79 Å². The highest BCUT2D eigenvalue weighted by Crippen LogP contribution is 2.41. The lowest BCUT2D eigenvalue weighted by Crippen LogP contribution is -2.32. The molecule has 2 atom stereocenters. The van der Waals surface area contributed by atoms with Gasteiger partial charge in [-0.1, -0.05) is 31.2 Å². The topological polar surface area (TPSA) is 63.6 Å². The minimum atomic E-state index is -1.85. The van der Waals surface area contributed by atoms with Gasteiger partial charge in [-0.05, 0) is 41.5 Å². The minimum absolute atomic E-state index is 0.0103. The molecular weight excluding hydrogens is 391 g/mol. The second-order valence-corrected chi connectivity index (χ2v) is 6.83. The molecule has 1 aliphatic rings. The van der Waals surface area contributed by atoms with E-state index >= 15 is 0 Å². The molecule has 0 saturated carbocycles. The molecule has 1 heterocycles. The third-order valence-corrected chi connectivity index (χ3v) is 4.95. The Kier molecular flexibility index (Phi) is 4.66. The van der Waals surface area contributed by atoms with Gasteiger partial charge < -0.3 is 9.29 Å². The second kappa shape index (κ2) is 5.95. The molecule has 0 saturated heterocycles. The van der Waals surface area contributed by atoms with Gasteiger partial charge in [0.25, 0.3) is 0 Å². The highest BCUT2D eigenvalue weighted by Gasteiger charge is 2.43. The second-order valence-electron chi connectivity index (χ2n) is 4.82. The molecule has 20 heavy (non-hydrogen) atoms. The highest BCUT2D eigenvalue weighted by atomic mass is 127. The predicted octanol–water partition coefficient (Wildman–Crippen LogP) is 3.28. The summed E-state index contributed by atoms with van der Waals surface area (Å²) in [6.45, 7) is 3.72. The van der Waals surface area contributed by atoms with Crippen molar-refractivity contribution in [1.82, 2.24) is 0 Å². The number of Topliss-reactive ketones (excluding diaryl/α,β-unsaturated/α-hetero) is 1. The van der Waals surface area contributed by atoms with Crippen LogP contribution in [0.4, 0.5) is 0 Å². The van der Waals surface area contributed by atoms with E-state index in [-0.39, 0.29) is 11.5 Å². The van der Waals surface area contributed by atoms with Crippen LogP contribution in [0.3, 0.4) is 0 Å². The number of halogens is 1. The molecule has 6 heteroatoms. The quantitative estimate of drug-likeness (QED) is 0.616. The fourth-order valence-corrected chi connectivity index (χ4v) is 3.43. The van der Waals surface area contributed by atoms with E-state index in [0.29, 0.717) is 15.8 Å². The van der Waals surface area contributed by atoms with E-state index < -0.39 is 16.7 Å². The van der Waals surface area contributed by atoms with Crippen LogP contribution in [0.15, 0.2) is 27.8 Å². The first-order valence-corrected chi connectivity index (χ1v) is 8.53. The Morgan fingerprint density at radius 2 is 1.95 bits per heavy atom. The Labute approximate surface area is 134 Å². The monoisotopic (exact) mass is 406 g/mol. The number of hydrogen-bond donors (Lipinski definition) is 1. The first-order chi connectivity index (χ1) is 9.37. The summed E-state index contributed by atoms with van der Waals surface area (Å²) in [5.74, 6) is 0.704. The van der Waals surface area contributed by atoms with Crippen LogP contribution >= 0.6 is 22.6 Å². The van der Waals surface area contributed by atoms with Gasteiger partial charge in [-0.15, -0.1) is 0 Å².